The monoisotopic (exact) mass is 304 g/mol. The van der Waals surface area contributed by atoms with Crippen molar-refractivity contribution in [3.63, 3.8) is 0 Å². The molecule has 0 unspecified atom stereocenters. The zero-order valence-corrected chi connectivity index (χ0v) is 11.9. The van der Waals surface area contributed by atoms with E-state index in [4.69, 9.17) is 22.4 Å². The van der Waals surface area contributed by atoms with Crippen LogP contribution in [-0.2, 0) is 0 Å². The molecule has 0 aromatic heterocycles. The van der Waals surface area contributed by atoms with Gasteiger partial charge in [-0.1, -0.05) is 11.6 Å². The average molecular weight is 305 g/mol. The summed E-state index contributed by atoms with van der Waals surface area (Å²) in [6, 6.07) is 9.04. The largest absolute Gasteiger partial charge is 0.478 e. The number of rotatable bonds is 3. The van der Waals surface area contributed by atoms with Crippen molar-refractivity contribution in [1.29, 1.82) is 0 Å². The number of hydrogen-bond donors (Lipinski definition) is 3. The van der Waals surface area contributed by atoms with Crippen molar-refractivity contribution in [2.24, 2.45) is 0 Å². The van der Waals surface area contributed by atoms with Gasteiger partial charge in [-0.15, -0.1) is 0 Å². The Kier molecular flexibility index (Phi) is 4.14. The molecule has 1 amide bonds. The predicted octanol–water partition coefficient (Wildman–Crippen LogP) is 3.18. The number of carboxylic acid groups (broad SMARTS) is 1. The molecular weight excluding hydrogens is 292 g/mol. The van der Waals surface area contributed by atoms with Gasteiger partial charge in [0, 0.05) is 22.0 Å². The number of nitrogens with one attached hydrogen (secondary N) is 1. The Balaban J connectivity index is 2.27. The Hall–Kier alpha value is -2.53. The van der Waals surface area contributed by atoms with Crippen molar-refractivity contribution >= 4 is 34.9 Å². The number of carboxylic acids is 1. The van der Waals surface area contributed by atoms with E-state index < -0.39 is 5.97 Å². The summed E-state index contributed by atoms with van der Waals surface area (Å²) in [6.45, 7) is 1.80. The Morgan fingerprint density at radius 1 is 1.14 bits per heavy atom. The summed E-state index contributed by atoms with van der Waals surface area (Å²) in [5.74, 6) is -1.48. The summed E-state index contributed by atoms with van der Waals surface area (Å²) >= 11 is 5.84. The highest BCUT2D eigenvalue weighted by Gasteiger charge is 2.11. The standard InChI is InChI=1S/C15H13ClN2O3/c1-8-4-9(2-3-13(8)17)14(19)18-12-6-10(15(20)21)5-11(16)7-12/h2-7H,17H2,1H3,(H,18,19)(H,20,21). The number of benzene rings is 2. The highest BCUT2D eigenvalue weighted by atomic mass is 35.5. The van der Waals surface area contributed by atoms with Gasteiger partial charge in [0.05, 0.1) is 5.56 Å². The van der Waals surface area contributed by atoms with E-state index in [-0.39, 0.29) is 16.5 Å². The van der Waals surface area contributed by atoms with Crippen LogP contribution in [0.5, 0.6) is 0 Å². The van der Waals surface area contributed by atoms with Crippen LogP contribution in [0.15, 0.2) is 36.4 Å². The van der Waals surface area contributed by atoms with Gasteiger partial charge in [0.15, 0.2) is 0 Å². The van der Waals surface area contributed by atoms with Gasteiger partial charge in [-0.05, 0) is 48.9 Å². The molecule has 0 aliphatic carbocycles. The van der Waals surface area contributed by atoms with Crippen LogP contribution in [0.25, 0.3) is 0 Å². The van der Waals surface area contributed by atoms with Crippen molar-refractivity contribution in [3.8, 4) is 0 Å². The second-order valence-electron chi connectivity index (χ2n) is 4.56. The smallest absolute Gasteiger partial charge is 0.335 e. The third kappa shape index (κ3) is 3.52. The van der Waals surface area contributed by atoms with E-state index >= 15 is 0 Å². The third-order valence-corrected chi connectivity index (χ3v) is 3.15. The molecule has 0 aliphatic rings. The number of carbonyl (C=O) groups excluding carboxylic acids is 1. The molecule has 5 nitrogen and oxygen atoms in total. The van der Waals surface area contributed by atoms with Crippen LogP contribution < -0.4 is 11.1 Å². The molecule has 0 saturated heterocycles. The number of aromatic carboxylic acids is 1. The van der Waals surface area contributed by atoms with E-state index in [1.165, 1.54) is 18.2 Å². The molecule has 0 bridgehead atoms. The molecule has 2 rings (SSSR count). The van der Waals surface area contributed by atoms with E-state index in [1.54, 1.807) is 25.1 Å². The number of nitrogen functional groups attached to an aromatic ring is 1. The van der Waals surface area contributed by atoms with Crippen LogP contribution >= 0.6 is 11.6 Å². The van der Waals surface area contributed by atoms with E-state index in [9.17, 15) is 9.59 Å². The second kappa shape index (κ2) is 5.85. The summed E-state index contributed by atoms with van der Waals surface area (Å²) in [5, 5.41) is 11.8. The minimum absolute atomic E-state index is 0.00582. The van der Waals surface area contributed by atoms with Crippen LogP contribution in [0.2, 0.25) is 5.02 Å². The molecule has 108 valence electrons. The first kappa shape index (κ1) is 14.9. The predicted molar refractivity (Wildman–Crippen MR) is 82.0 cm³/mol. The number of aryl methyl sites for hydroxylation is 1. The molecule has 6 heteroatoms. The van der Waals surface area contributed by atoms with E-state index in [0.717, 1.165) is 5.56 Å². The maximum Gasteiger partial charge on any atom is 0.335 e. The lowest BCUT2D eigenvalue weighted by Gasteiger charge is -2.08. The van der Waals surface area contributed by atoms with Gasteiger partial charge in [0.2, 0.25) is 0 Å². The van der Waals surface area contributed by atoms with Crippen molar-refractivity contribution < 1.29 is 14.7 Å². The lowest BCUT2D eigenvalue weighted by Crippen LogP contribution is -2.13. The summed E-state index contributed by atoms with van der Waals surface area (Å²) in [5.41, 5.74) is 7.85. The molecule has 0 spiro atoms. The summed E-state index contributed by atoms with van der Waals surface area (Å²) in [4.78, 5) is 23.1. The zero-order valence-electron chi connectivity index (χ0n) is 11.2. The third-order valence-electron chi connectivity index (χ3n) is 2.93. The van der Waals surface area contributed by atoms with Gasteiger partial charge in [0.25, 0.3) is 5.91 Å². The lowest BCUT2D eigenvalue weighted by molar-refractivity contribution is 0.0696. The number of hydrogen-bond acceptors (Lipinski definition) is 3. The Bertz CT molecular complexity index is 729. The number of amides is 1. The van der Waals surface area contributed by atoms with Gasteiger partial charge >= 0.3 is 5.97 Å². The lowest BCUT2D eigenvalue weighted by atomic mass is 10.1. The van der Waals surface area contributed by atoms with Crippen LogP contribution in [0.1, 0.15) is 26.3 Å². The van der Waals surface area contributed by atoms with Crippen molar-refractivity contribution in [2.75, 3.05) is 11.1 Å². The van der Waals surface area contributed by atoms with Crippen LogP contribution in [0.4, 0.5) is 11.4 Å². The van der Waals surface area contributed by atoms with Gasteiger partial charge in [-0.25, -0.2) is 4.79 Å². The summed E-state index contributed by atoms with van der Waals surface area (Å²) < 4.78 is 0. The highest BCUT2D eigenvalue weighted by molar-refractivity contribution is 6.31. The number of carbonyl (C=O) groups is 2. The first-order valence-corrected chi connectivity index (χ1v) is 6.46. The molecule has 0 heterocycles. The maximum atomic E-state index is 12.1. The molecule has 2 aromatic rings. The van der Waals surface area contributed by atoms with Crippen LogP contribution in [0.3, 0.4) is 0 Å². The molecule has 0 fully saturated rings. The van der Waals surface area contributed by atoms with Gasteiger partial charge in [-0.3, -0.25) is 4.79 Å². The average Bonchev–Trinajstić information content (AvgIpc) is 2.41. The van der Waals surface area contributed by atoms with Crippen molar-refractivity contribution in [2.45, 2.75) is 6.92 Å². The van der Waals surface area contributed by atoms with E-state index in [0.29, 0.717) is 16.9 Å². The van der Waals surface area contributed by atoms with Crippen molar-refractivity contribution in [3.05, 3.63) is 58.1 Å². The summed E-state index contributed by atoms with van der Waals surface area (Å²) in [6.07, 6.45) is 0. The first-order valence-electron chi connectivity index (χ1n) is 6.08. The van der Waals surface area contributed by atoms with E-state index in [1.807, 2.05) is 0 Å². The van der Waals surface area contributed by atoms with E-state index in [2.05, 4.69) is 5.32 Å². The maximum absolute atomic E-state index is 12.1. The number of anilines is 2. The second-order valence-corrected chi connectivity index (χ2v) is 5.00. The first-order chi connectivity index (χ1) is 9.86. The molecule has 0 radical (unpaired) electrons. The molecule has 21 heavy (non-hydrogen) atoms. The Labute approximate surface area is 126 Å². The quantitative estimate of drug-likeness (QED) is 0.759. The van der Waals surface area contributed by atoms with Crippen LogP contribution in [0, 0.1) is 6.92 Å². The summed E-state index contributed by atoms with van der Waals surface area (Å²) in [7, 11) is 0. The molecule has 2 aromatic carbocycles. The molecule has 0 saturated carbocycles. The fourth-order valence-corrected chi connectivity index (χ4v) is 2.04. The SMILES string of the molecule is Cc1cc(C(=O)Nc2cc(Cl)cc(C(=O)O)c2)ccc1N. The minimum atomic E-state index is -1.11. The number of halogens is 1. The number of nitrogens with two attached hydrogens (primary N) is 1. The Morgan fingerprint density at radius 2 is 1.86 bits per heavy atom. The highest BCUT2D eigenvalue weighted by Crippen LogP contribution is 2.20. The van der Waals surface area contributed by atoms with Gasteiger partial charge < -0.3 is 16.2 Å². The molecule has 4 N–H and O–H groups in total. The van der Waals surface area contributed by atoms with Crippen molar-refractivity contribution in [1.82, 2.24) is 0 Å². The fourth-order valence-electron chi connectivity index (χ4n) is 1.81. The van der Waals surface area contributed by atoms with Crippen LogP contribution in [-0.4, -0.2) is 17.0 Å². The topological polar surface area (TPSA) is 92.4 Å². The zero-order chi connectivity index (χ0) is 15.6. The Morgan fingerprint density at radius 3 is 2.48 bits per heavy atom. The molecule has 0 aliphatic heterocycles. The minimum Gasteiger partial charge on any atom is -0.478 e. The molecular formula is C15H13ClN2O3. The fraction of sp³-hybridized carbons (Fsp3) is 0.0667. The van der Waals surface area contributed by atoms with Gasteiger partial charge in [0.1, 0.15) is 0 Å². The molecule has 0 atom stereocenters. The normalized spacial score (nSPS) is 10.2. The van der Waals surface area contributed by atoms with Gasteiger partial charge in [-0.2, -0.15) is 0 Å².